The molecule has 0 spiro atoms. The van der Waals surface area contributed by atoms with E-state index in [0.29, 0.717) is 0 Å². The van der Waals surface area contributed by atoms with Crippen LogP contribution >= 0.6 is 0 Å². The molecule has 1 nitrogen and oxygen atoms in total. The van der Waals surface area contributed by atoms with Gasteiger partial charge in [0.1, 0.15) is 0 Å². The van der Waals surface area contributed by atoms with Crippen LogP contribution in [0.4, 0.5) is 0 Å². The van der Waals surface area contributed by atoms with Gasteiger partial charge in [0.2, 0.25) is 0 Å². The highest BCUT2D eigenvalue weighted by atomic mass is 15.0. The van der Waals surface area contributed by atoms with Crippen LogP contribution in [0.5, 0.6) is 0 Å². The zero-order valence-corrected chi connectivity index (χ0v) is 11.4. The summed E-state index contributed by atoms with van der Waals surface area (Å²) in [6.07, 6.45) is 15.5. The van der Waals surface area contributed by atoms with Gasteiger partial charge in [-0.15, -0.1) is 0 Å². The number of unbranched alkanes of at least 4 members (excludes halogenated alkanes) is 4. The third-order valence-electron chi connectivity index (χ3n) is 3.89. The van der Waals surface area contributed by atoms with Crippen LogP contribution in [-0.4, -0.2) is 12.1 Å². The van der Waals surface area contributed by atoms with Crippen LogP contribution in [-0.2, 0) is 0 Å². The summed E-state index contributed by atoms with van der Waals surface area (Å²) in [5, 5.41) is 3.87. The van der Waals surface area contributed by atoms with Crippen molar-refractivity contribution in [1.82, 2.24) is 5.32 Å². The molecule has 0 aromatic carbocycles. The van der Waals surface area contributed by atoms with Crippen molar-refractivity contribution in [3.05, 3.63) is 0 Å². The van der Waals surface area contributed by atoms with Gasteiger partial charge in [0.25, 0.3) is 0 Å². The summed E-state index contributed by atoms with van der Waals surface area (Å²) in [7, 11) is 0. The van der Waals surface area contributed by atoms with Gasteiger partial charge in [-0.1, -0.05) is 58.8 Å². The first kappa shape index (κ1) is 14.0. The van der Waals surface area contributed by atoms with E-state index in [1.54, 1.807) is 0 Å². The molecule has 0 aromatic rings. The van der Waals surface area contributed by atoms with Gasteiger partial charge < -0.3 is 5.32 Å². The van der Waals surface area contributed by atoms with Crippen molar-refractivity contribution in [1.29, 1.82) is 0 Å². The van der Waals surface area contributed by atoms with Crippen LogP contribution in [0.2, 0.25) is 0 Å². The Morgan fingerprint density at radius 2 is 1.50 bits per heavy atom. The van der Waals surface area contributed by atoms with E-state index >= 15 is 0 Å². The molecule has 0 amide bonds. The lowest BCUT2D eigenvalue weighted by atomic mass is 9.91. The minimum Gasteiger partial charge on any atom is -0.311 e. The highest BCUT2D eigenvalue weighted by Gasteiger charge is 2.20. The van der Waals surface area contributed by atoms with Crippen molar-refractivity contribution in [2.24, 2.45) is 0 Å². The normalized spacial score (nSPS) is 16.7. The van der Waals surface area contributed by atoms with Gasteiger partial charge in [-0.05, 0) is 25.7 Å². The molecule has 16 heavy (non-hydrogen) atoms. The van der Waals surface area contributed by atoms with E-state index in [2.05, 4.69) is 19.2 Å². The molecule has 1 aliphatic rings. The smallest absolute Gasteiger partial charge is 0.00696 e. The molecule has 1 fully saturated rings. The van der Waals surface area contributed by atoms with Crippen LogP contribution in [0.3, 0.4) is 0 Å². The molecule has 0 atom stereocenters. The van der Waals surface area contributed by atoms with Crippen molar-refractivity contribution in [3.63, 3.8) is 0 Å². The van der Waals surface area contributed by atoms with Crippen molar-refractivity contribution in [2.45, 2.75) is 96.6 Å². The minimum absolute atomic E-state index is 0.823. The van der Waals surface area contributed by atoms with E-state index in [1.165, 1.54) is 70.6 Å². The van der Waals surface area contributed by atoms with Gasteiger partial charge in [0.15, 0.2) is 0 Å². The molecule has 0 aromatic heterocycles. The molecule has 0 unspecified atom stereocenters. The van der Waals surface area contributed by atoms with E-state index < -0.39 is 0 Å². The quantitative estimate of drug-likeness (QED) is 0.533. The number of hydrogen-bond donors (Lipinski definition) is 1. The third kappa shape index (κ3) is 5.89. The minimum atomic E-state index is 0.823. The van der Waals surface area contributed by atoms with Crippen molar-refractivity contribution >= 4 is 0 Å². The summed E-state index contributed by atoms with van der Waals surface area (Å²) in [4.78, 5) is 0. The van der Waals surface area contributed by atoms with Gasteiger partial charge >= 0.3 is 0 Å². The molecule has 0 saturated heterocycles. The topological polar surface area (TPSA) is 12.0 Å². The lowest BCUT2D eigenvalue weighted by Crippen LogP contribution is -2.42. The summed E-state index contributed by atoms with van der Waals surface area (Å²) in [5.74, 6) is 0. The fraction of sp³-hybridized carbons (Fsp3) is 1.00. The molecular formula is C15H31N. The maximum absolute atomic E-state index is 3.87. The zero-order chi connectivity index (χ0) is 11.6. The first-order chi connectivity index (χ1) is 7.86. The van der Waals surface area contributed by atoms with E-state index in [9.17, 15) is 0 Å². The van der Waals surface area contributed by atoms with Crippen molar-refractivity contribution in [3.8, 4) is 0 Å². The Labute approximate surface area is 102 Å². The SMILES string of the molecule is CCCCCC(CCCCC)NC1CCC1. The first-order valence-electron chi connectivity index (χ1n) is 7.62. The Kier molecular flexibility index (Phi) is 7.92. The lowest BCUT2D eigenvalue weighted by molar-refractivity contribution is 0.281. The summed E-state index contributed by atoms with van der Waals surface area (Å²) in [5.41, 5.74) is 0. The standard InChI is InChI=1S/C15H31N/c1-3-5-7-10-14(11-8-6-4-2)16-15-12-9-13-15/h14-16H,3-13H2,1-2H3. The monoisotopic (exact) mass is 225 g/mol. The fourth-order valence-electron chi connectivity index (χ4n) is 2.50. The second kappa shape index (κ2) is 9.04. The molecule has 1 saturated carbocycles. The average Bonchev–Trinajstić information content (AvgIpc) is 2.23. The van der Waals surface area contributed by atoms with Crippen LogP contribution in [0.15, 0.2) is 0 Å². The Morgan fingerprint density at radius 1 is 0.938 bits per heavy atom. The largest absolute Gasteiger partial charge is 0.311 e. The molecule has 0 bridgehead atoms. The molecule has 96 valence electrons. The van der Waals surface area contributed by atoms with Crippen molar-refractivity contribution < 1.29 is 0 Å². The molecule has 1 rings (SSSR count). The zero-order valence-electron chi connectivity index (χ0n) is 11.4. The predicted molar refractivity (Wildman–Crippen MR) is 72.8 cm³/mol. The Hall–Kier alpha value is -0.0400. The maximum atomic E-state index is 3.87. The molecule has 1 heteroatoms. The van der Waals surface area contributed by atoms with Crippen LogP contribution < -0.4 is 5.32 Å². The number of nitrogens with one attached hydrogen (secondary N) is 1. The van der Waals surface area contributed by atoms with Gasteiger partial charge in [-0.2, -0.15) is 0 Å². The molecular weight excluding hydrogens is 194 g/mol. The second-order valence-electron chi connectivity index (χ2n) is 5.48. The van der Waals surface area contributed by atoms with Gasteiger partial charge in [0.05, 0.1) is 0 Å². The molecule has 1 aliphatic carbocycles. The maximum Gasteiger partial charge on any atom is 0.00696 e. The van der Waals surface area contributed by atoms with Crippen molar-refractivity contribution in [2.75, 3.05) is 0 Å². The summed E-state index contributed by atoms with van der Waals surface area (Å²) < 4.78 is 0. The van der Waals surface area contributed by atoms with E-state index in [1.807, 2.05) is 0 Å². The summed E-state index contributed by atoms with van der Waals surface area (Å²) >= 11 is 0. The van der Waals surface area contributed by atoms with Gasteiger partial charge in [-0.25, -0.2) is 0 Å². The predicted octanol–water partition coefficient (Wildman–Crippen LogP) is 4.66. The fourth-order valence-corrected chi connectivity index (χ4v) is 2.50. The van der Waals surface area contributed by atoms with E-state index in [4.69, 9.17) is 0 Å². The average molecular weight is 225 g/mol. The summed E-state index contributed by atoms with van der Waals surface area (Å²) in [6, 6.07) is 1.69. The highest BCUT2D eigenvalue weighted by molar-refractivity contribution is 4.80. The Balaban J connectivity index is 2.11. The lowest BCUT2D eigenvalue weighted by Gasteiger charge is -2.31. The molecule has 0 heterocycles. The Bertz CT molecular complexity index is 142. The second-order valence-corrected chi connectivity index (χ2v) is 5.48. The molecule has 0 aliphatic heterocycles. The van der Waals surface area contributed by atoms with Crippen LogP contribution in [0.25, 0.3) is 0 Å². The van der Waals surface area contributed by atoms with Crippen LogP contribution in [0.1, 0.15) is 84.5 Å². The number of hydrogen-bond acceptors (Lipinski definition) is 1. The molecule has 1 N–H and O–H groups in total. The first-order valence-corrected chi connectivity index (χ1v) is 7.62. The number of rotatable bonds is 10. The van der Waals surface area contributed by atoms with E-state index in [0.717, 1.165) is 12.1 Å². The molecule has 0 radical (unpaired) electrons. The van der Waals surface area contributed by atoms with Gasteiger partial charge in [0, 0.05) is 12.1 Å². The van der Waals surface area contributed by atoms with Gasteiger partial charge in [-0.3, -0.25) is 0 Å². The van der Waals surface area contributed by atoms with E-state index in [-0.39, 0.29) is 0 Å². The highest BCUT2D eigenvalue weighted by Crippen LogP contribution is 2.21. The summed E-state index contributed by atoms with van der Waals surface area (Å²) in [6.45, 7) is 4.59. The van der Waals surface area contributed by atoms with Crippen LogP contribution in [0, 0.1) is 0 Å². The Morgan fingerprint density at radius 3 is 1.88 bits per heavy atom. The third-order valence-corrected chi connectivity index (χ3v) is 3.89.